The summed E-state index contributed by atoms with van der Waals surface area (Å²) in [4.78, 5) is 37.9. The van der Waals surface area contributed by atoms with Gasteiger partial charge in [-0.25, -0.2) is 0 Å². The van der Waals surface area contributed by atoms with Crippen LogP contribution in [0.1, 0.15) is 34.3 Å². The fourth-order valence-electron chi connectivity index (χ4n) is 3.92. The molecule has 1 atom stereocenters. The number of Topliss-reactive ketones (excluding diaryl/α,β-unsaturated/α-hetero) is 1. The fourth-order valence-corrected chi connectivity index (χ4v) is 3.92. The molecule has 0 bridgehead atoms. The minimum Gasteiger partial charge on any atom is -0.507 e. The lowest BCUT2D eigenvalue weighted by Crippen LogP contribution is -2.30. The van der Waals surface area contributed by atoms with E-state index in [2.05, 4.69) is 0 Å². The highest BCUT2D eigenvalue weighted by Gasteiger charge is 2.48. The number of nitrogens with zero attached hydrogens (tertiary/aromatic N) is 2. The fraction of sp³-hybridized carbons (Fsp3) is 0.167. The number of amides is 1. The first-order chi connectivity index (χ1) is 15.2. The maximum atomic E-state index is 13.1. The van der Waals surface area contributed by atoms with Gasteiger partial charge < -0.3 is 9.52 Å². The summed E-state index contributed by atoms with van der Waals surface area (Å²) in [6.07, 6.45) is 0. The van der Waals surface area contributed by atoms with Gasteiger partial charge in [-0.3, -0.25) is 24.6 Å². The molecule has 1 amide bonds. The number of hydrogen-bond donors (Lipinski definition) is 1. The SMILES string of the molecule is Cc1ccc(N2C(=O)C(=O)/C(=C(\O)c3ccc([N+](=O)[O-])cc3)C2c2ccc(C)o2)c(C)c1. The van der Waals surface area contributed by atoms with Crippen molar-refractivity contribution in [3.63, 3.8) is 0 Å². The lowest BCUT2D eigenvalue weighted by atomic mass is 9.98. The average molecular weight is 432 g/mol. The van der Waals surface area contributed by atoms with E-state index in [0.29, 0.717) is 17.2 Å². The Hall–Kier alpha value is -4.20. The van der Waals surface area contributed by atoms with Gasteiger partial charge in [0, 0.05) is 23.4 Å². The molecule has 0 saturated carbocycles. The van der Waals surface area contributed by atoms with Crippen molar-refractivity contribution in [2.75, 3.05) is 4.90 Å². The number of nitro groups is 1. The second-order valence-electron chi connectivity index (χ2n) is 7.71. The summed E-state index contributed by atoms with van der Waals surface area (Å²) in [7, 11) is 0. The molecule has 1 aliphatic heterocycles. The van der Waals surface area contributed by atoms with Gasteiger partial charge in [0.05, 0.1) is 10.5 Å². The topological polar surface area (TPSA) is 114 Å². The Balaban J connectivity index is 1.92. The lowest BCUT2D eigenvalue weighted by molar-refractivity contribution is -0.384. The van der Waals surface area contributed by atoms with Gasteiger partial charge in [0.1, 0.15) is 23.3 Å². The maximum absolute atomic E-state index is 13.1. The number of benzene rings is 2. The molecule has 0 spiro atoms. The highest BCUT2D eigenvalue weighted by atomic mass is 16.6. The zero-order chi connectivity index (χ0) is 23.2. The van der Waals surface area contributed by atoms with Gasteiger partial charge in [-0.1, -0.05) is 17.7 Å². The molecule has 1 aromatic heterocycles. The largest absolute Gasteiger partial charge is 0.507 e. The zero-order valence-corrected chi connectivity index (χ0v) is 17.7. The molecule has 2 heterocycles. The van der Waals surface area contributed by atoms with Crippen molar-refractivity contribution in [1.29, 1.82) is 0 Å². The number of rotatable bonds is 4. The van der Waals surface area contributed by atoms with E-state index in [1.807, 2.05) is 26.0 Å². The minimum absolute atomic E-state index is 0.141. The van der Waals surface area contributed by atoms with Crippen LogP contribution in [0.15, 0.2) is 64.6 Å². The summed E-state index contributed by atoms with van der Waals surface area (Å²) in [5.41, 5.74) is 2.20. The van der Waals surface area contributed by atoms with Gasteiger partial charge in [0.2, 0.25) is 0 Å². The Labute approximate surface area is 183 Å². The second-order valence-corrected chi connectivity index (χ2v) is 7.71. The van der Waals surface area contributed by atoms with Crippen LogP contribution < -0.4 is 4.90 Å². The molecule has 1 unspecified atom stereocenters. The Bertz CT molecular complexity index is 1290. The molecule has 1 N–H and O–H groups in total. The molecule has 1 aliphatic rings. The van der Waals surface area contributed by atoms with Gasteiger partial charge in [-0.15, -0.1) is 0 Å². The van der Waals surface area contributed by atoms with Crippen molar-refractivity contribution < 1.29 is 24.0 Å². The van der Waals surface area contributed by atoms with E-state index >= 15 is 0 Å². The van der Waals surface area contributed by atoms with Crippen LogP contribution in [0.4, 0.5) is 11.4 Å². The standard InChI is InChI=1S/C24H20N2O6/c1-13-4-10-18(14(2)12-13)25-21(19-11-5-15(3)32-19)20(23(28)24(25)29)22(27)16-6-8-17(9-7-16)26(30)31/h4-12,21,27H,1-3H3/b22-20-. The second kappa shape index (κ2) is 7.81. The summed E-state index contributed by atoms with van der Waals surface area (Å²) in [6, 6.07) is 13.0. The van der Waals surface area contributed by atoms with E-state index in [-0.39, 0.29) is 16.8 Å². The number of carbonyl (C=O) groups is 2. The van der Waals surface area contributed by atoms with Gasteiger partial charge in [0.25, 0.3) is 17.4 Å². The molecule has 2 aromatic carbocycles. The number of hydrogen-bond acceptors (Lipinski definition) is 6. The van der Waals surface area contributed by atoms with E-state index in [4.69, 9.17) is 4.42 Å². The number of anilines is 1. The molecule has 4 rings (SSSR count). The summed E-state index contributed by atoms with van der Waals surface area (Å²) in [5, 5.41) is 22.0. The number of nitro benzene ring substituents is 1. The highest BCUT2D eigenvalue weighted by Crippen LogP contribution is 2.43. The molecule has 8 nitrogen and oxygen atoms in total. The molecular formula is C24H20N2O6. The van der Waals surface area contributed by atoms with Gasteiger partial charge in [-0.2, -0.15) is 0 Å². The first-order valence-electron chi connectivity index (χ1n) is 9.88. The molecule has 0 aliphatic carbocycles. The number of aliphatic hydroxyl groups is 1. The van der Waals surface area contributed by atoms with Gasteiger partial charge in [0.15, 0.2) is 0 Å². The van der Waals surface area contributed by atoms with Gasteiger partial charge in [-0.05, 0) is 56.7 Å². The summed E-state index contributed by atoms with van der Waals surface area (Å²) in [6.45, 7) is 5.50. The smallest absolute Gasteiger partial charge is 0.300 e. The molecule has 8 heteroatoms. The Morgan fingerprint density at radius 2 is 1.72 bits per heavy atom. The van der Waals surface area contributed by atoms with Crippen LogP contribution in [0.3, 0.4) is 0 Å². The molecule has 1 fully saturated rings. The van der Waals surface area contributed by atoms with E-state index in [9.17, 15) is 24.8 Å². The van der Waals surface area contributed by atoms with Crippen molar-refractivity contribution in [2.24, 2.45) is 0 Å². The minimum atomic E-state index is -0.986. The van der Waals surface area contributed by atoms with Crippen molar-refractivity contribution in [3.05, 3.63) is 98.5 Å². The lowest BCUT2D eigenvalue weighted by Gasteiger charge is -2.25. The highest BCUT2D eigenvalue weighted by molar-refractivity contribution is 6.51. The number of carbonyl (C=O) groups excluding carboxylic acids is 2. The van der Waals surface area contributed by atoms with E-state index in [1.54, 1.807) is 25.1 Å². The number of furan rings is 1. The van der Waals surface area contributed by atoms with E-state index in [1.165, 1.54) is 29.2 Å². The van der Waals surface area contributed by atoms with Crippen LogP contribution in [0, 0.1) is 30.9 Å². The number of aliphatic hydroxyl groups excluding tert-OH is 1. The van der Waals surface area contributed by atoms with Crippen molar-refractivity contribution >= 4 is 28.8 Å². The molecule has 162 valence electrons. The van der Waals surface area contributed by atoms with Crippen LogP contribution in [0.25, 0.3) is 5.76 Å². The maximum Gasteiger partial charge on any atom is 0.300 e. The van der Waals surface area contributed by atoms with Crippen molar-refractivity contribution in [2.45, 2.75) is 26.8 Å². The summed E-state index contributed by atoms with van der Waals surface area (Å²) in [5.74, 6) is -1.17. The molecule has 0 radical (unpaired) electrons. The van der Waals surface area contributed by atoms with Crippen LogP contribution >= 0.6 is 0 Å². The van der Waals surface area contributed by atoms with Gasteiger partial charge >= 0.3 is 0 Å². The van der Waals surface area contributed by atoms with Crippen LogP contribution in [0.2, 0.25) is 0 Å². The van der Waals surface area contributed by atoms with E-state index < -0.39 is 28.4 Å². The van der Waals surface area contributed by atoms with Crippen LogP contribution in [0.5, 0.6) is 0 Å². The van der Waals surface area contributed by atoms with Crippen molar-refractivity contribution in [1.82, 2.24) is 0 Å². The normalized spacial score (nSPS) is 17.7. The molecule has 1 saturated heterocycles. The number of non-ortho nitro benzene ring substituents is 1. The van der Waals surface area contributed by atoms with Crippen LogP contribution in [-0.4, -0.2) is 21.7 Å². The number of aryl methyl sites for hydroxylation is 3. The zero-order valence-electron chi connectivity index (χ0n) is 17.7. The summed E-state index contributed by atoms with van der Waals surface area (Å²) < 4.78 is 5.77. The van der Waals surface area contributed by atoms with E-state index in [0.717, 1.165) is 11.1 Å². The predicted octanol–water partition coefficient (Wildman–Crippen LogP) is 4.74. The quantitative estimate of drug-likeness (QED) is 0.209. The van der Waals surface area contributed by atoms with Crippen LogP contribution in [-0.2, 0) is 9.59 Å². The first kappa shape index (κ1) is 21.0. The first-order valence-corrected chi connectivity index (χ1v) is 9.88. The monoisotopic (exact) mass is 432 g/mol. The molecule has 32 heavy (non-hydrogen) atoms. The Morgan fingerprint density at radius 3 is 2.28 bits per heavy atom. The van der Waals surface area contributed by atoms with Crippen molar-refractivity contribution in [3.8, 4) is 0 Å². The third kappa shape index (κ3) is 3.45. The molecule has 3 aromatic rings. The average Bonchev–Trinajstić information content (AvgIpc) is 3.29. The Morgan fingerprint density at radius 1 is 1.03 bits per heavy atom. The third-order valence-electron chi connectivity index (χ3n) is 5.44. The number of ketones is 1. The molecular weight excluding hydrogens is 412 g/mol. The predicted molar refractivity (Wildman–Crippen MR) is 117 cm³/mol. The third-order valence-corrected chi connectivity index (χ3v) is 5.44. The summed E-state index contributed by atoms with van der Waals surface area (Å²) >= 11 is 0. The Kier molecular flexibility index (Phi) is 5.14.